The van der Waals surface area contributed by atoms with Gasteiger partial charge in [-0.1, -0.05) is 59.6 Å². The fourth-order valence-electron chi connectivity index (χ4n) is 5.14. The summed E-state index contributed by atoms with van der Waals surface area (Å²) < 4.78 is 51.0. The topological polar surface area (TPSA) is 85.9 Å². The van der Waals surface area contributed by atoms with Crippen molar-refractivity contribution in [3.05, 3.63) is 123 Å². The zero-order valence-corrected chi connectivity index (χ0v) is 26.5. The molecule has 0 spiro atoms. The fraction of sp³-hybridized carbons (Fsp3) is 0.257. The molecule has 8 nitrogen and oxygen atoms in total. The van der Waals surface area contributed by atoms with Crippen molar-refractivity contribution in [3.63, 3.8) is 0 Å². The maximum Gasteiger partial charge on any atom is 0.387 e. The maximum atomic E-state index is 13.5. The zero-order valence-electron chi connectivity index (χ0n) is 25.0. The average molecular weight is 684 g/mol. The molecule has 5 aromatic rings. The van der Waals surface area contributed by atoms with Gasteiger partial charge in [0.25, 0.3) is 0 Å². The van der Waals surface area contributed by atoms with Crippen molar-refractivity contribution in [2.75, 3.05) is 6.61 Å². The van der Waals surface area contributed by atoms with E-state index in [1.54, 1.807) is 10.8 Å². The largest absolute Gasteiger partial charge is 0.619 e. The van der Waals surface area contributed by atoms with E-state index < -0.39 is 18.7 Å². The number of carbonyl (C=O) groups is 1. The lowest BCUT2D eigenvalue weighted by atomic mass is 10.0. The van der Waals surface area contributed by atoms with Crippen LogP contribution in [0.15, 0.2) is 91.4 Å². The number of carbonyl (C=O) groups excluding carboxylic acids is 1. The third-order valence-electron chi connectivity index (χ3n) is 7.74. The summed E-state index contributed by atoms with van der Waals surface area (Å²) in [5, 5.41) is 12.9. The lowest BCUT2D eigenvalue weighted by molar-refractivity contribution is -0.605. The third kappa shape index (κ3) is 8.44. The molecule has 1 fully saturated rings. The molecule has 0 bridgehead atoms. The molecule has 1 aliphatic rings. The Kier molecular flexibility index (Phi) is 9.98. The third-order valence-corrected chi connectivity index (χ3v) is 8.39. The van der Waals surface area contributed by atoms with Crippen molar-refractivity contribution in [2.45, 2.75) is 45.1 Å². The van der Waals surface area contributed by atoms with E-state index in [2.05, 4.69) is 4.74 Å². The van der Waals surface area contributed by atoms with Gasteiger partial charge in [0.1, 0.15) is 35.1 Å². The molecule has 6 rings (SSSR count). The number of hydrogen-bond donors (Lipinski definition) is 0. The van der Waals surface area contributed by atoms with Gasteiger partial charge < -0.3 is 28.7 Å². The molecule has 0 amide bonds. The first-order valence-electron chi connectivity index (χ1n) is 14.9. The highest BCUT2D eigenvalue weighted by Crippen LogP contribution is 2.38. The number of nitrogens with zero attached hydrogens (tertiary/aromatic N) is 2. The Labute approximate surface area is 279 Å². The Hall–Kier alpha value is -4.54. The molecule has 1 unspecified atom stereocenters. The monoisotopic (exact) mass is 682 g/mol. The molecule has 0 saturated heterocycles. The van der Waals surface area contributed by atoms with Gasteiger partial charge in [-0.15, -0.1) is 0 Å². The second-order valence-electron chi connectivity index (χ2n) is 11.3. The second kappa shape index (κ2) is 14.5. The van der Waals surface area contributed by atoms with Crippen LogP contribution < -0.4 is 18.9 Å². The zero-order chi connectivity index (χ0) is 32.9. The van der Waals surface area contributed by atoms with Gasteiger partial charge in [-0.25, -0.2) is 0 Å². The van der Waals surface area contributed by atoms with Crippen molar-refractivity contribution in [1.29, 1.82) is 0 Å². The highest BCUT2D eigenvalue weighted by Gasteiger charge is 2.26. The van der Waals surface area contributed by atoms with Gasteiger partial charge >= 0.3 is 12.6 Å². The van der Waals surface area contributed by atoms with Crippen LogP contribution in [-0.2, 0) is 29.1 Å². The highest BCUT2D eigenvalue weighted by atomic mass is 35.5. The van der Waals surface area contributed by atoms with Crippen LogP contribution in [0, 0.1) is 11.1 Å². The van der Waals surface area contributed by atoms with E-state index in [0.717, 1.165) is 41.7 Å². The van der Waals surface area contributed by atoms with Crippen LogP contribution in [0.2, 0.25) is 10.0 Å². The van der Waals surface area contributed by atoms with Crippen LogP contribution in [0.25, 0.3) is 10.9 Å². The molecule has 1 aliphatic carbocycles. The predicted octanol–water partition coefficient (Wildman–Crippen LogP) is 8.08. The van der Waals surface area contributed by atoms with Gasteiger partial charge in [-0.05, 0) is 66.3 Å². The lowest BCUT2D eigenvalue weighted by Crippen LogP contribution is -2.26. The molecule has 47 heavy (non-hydrogen) atoms. The van der Waals surface area contributed by atoms with Crippen LogP contribution in [0.4, 0.5) is 8.78 Å². The molecule has 1 saturated carbocycles. The van der Waals surface area contributed by atoms with Gasteiger partial charge in [0, 0.05) is 29.1 Å². The SMILES string of the molecule is O=C(Cn1ccc2cc(OCc3ccccc3)ccc21)OC(Cc1c(Cl)c[n+]([O-])cc1Cl)c1ccc(OC(F)F)c(OCC2CC2)c1. The number of ether oxygens (including phenoxy) is 4. The van der Waals surface area contributed by atoms with Crippen molar-refractivity contribution < 1.29 is 37.3 Å². The van der Waals surface area contributed by atoms with Crippen molar-refractivity contribution >= 4 is 40.1 Å². The Morgan fingerprint density at radius 3 is 2.45 bits per heavy atom. The molecular formula is C35H30Cl2F2N2O6. The van der Waals surface area contributed by atoms with Crippen molar-refractivity contribution in [2.24, 2.45) is 5.92 Å². The number of rotatable bonds is 14. The molecule has 2 aromatic heterocycles. The molecule has 0 N–H and O–H groups in total. The van der Waals surface area contributed by atoms with E-state index >= 15 is 0 Å². The van der Waals surface area contributed by atoms with E-state index in [1.807, 2.05) is 54.6 Å². The van der Waals surface area contributed by atoms with E-state index in [9.17, 15) is 18.8 Å². The van der Waals surface area contributed by atoms with Crippen molar-refractivity contribution in [3.8, 4) is 17.2 Å². The smallest absolute Gasteiger partial charge is 0.387 e. The molecule has 244 valence electrons. The first kappa shape index (κ1) is 32.4. The molecule has 3 aromatic carbocycles. The first-order valence-corrected chi connectivity index (χ1v) is 15.7. The number of alkyl halides is 2. The quantitative estimate of drug-likeness (QED) is 0.0669. The Balaban J connectivity index is 1.23. The molecule has 0 aliphatic heterocycles. The standard InChI is InChI=1S/C35H30Cl2F2N2O6/c36-28-17-41(43)18-29(37)27(28)16-32(25-8-11-31(47-35(38)39)33(15-25)45-21-23-6-7-23)46-34(42)19-40-13-12-24-14-26(9-10-30(24)40)44-20-22-4-2-1-3-5-22/h1-5,8-15,17-18,23,32,35H,6-7,16,19-21H2. The van der Waals surface area contributed by atoms with E-state index in [4.69, 9.17) is 37.4 Å². The van der Waals surface area contributed by atoms with Gasteiger partial charge in [0.05, 0.1) is 6.61 Å². The minimum Gasteiger partial charge on any atom is -0.619 e. The van der Waals surface area contributed by atoms with Crippen molar-refractivity contribution in [1.82, 2.24) is 4.57 Å². The number of hydrogen-bond acceptors (Lipinski definition) is 6. The molecule has 2 heterocycles. The minimum atomic E-state index is -3.05. The number of benzene rings is 3. The van der Waals surface area contributed by atoms with Crippen LogP contribution in [0.5, 0.6) is 17.2 Å². The van der Waals surface area contributed by atoms with E-state index in [1.165, 1.54) is 18.2 Å². The summed E-state index contributed by atoms with van der Waals surface area (Å²) in [5.41, 5.74) is 2.66. The predicted molar refractivity (Wildman–Crippen MR) is 172 cm³/mol. The number of halogens is 4. The van der Waals surface area contributed by atoms with Gasteiger partial charge in [-0.3, -0.25) is 4.79 Å². The molecule has 0 radical (unpaired) electrons. The summed E-state index contributed by atoms with van der Waals surface area (Å²) in [7, 11) is 0. The number of esters is 1. The van der Waals surface area contributed by atoms with Gasteiger partial charge in [0.15, 0.2) is 23.9 Å². The van der Waals surface area contributed by atoms with Gasteiger partial charge in [-0.2, -0.15) is 13.5 Å². The molecule has 12 heteroatoms. The summed E-state index contributed by atoms with van der Waals surface area (Å²) in [4.78, 5) is 13.5. The van der Waals surface area contributed by atoms with E-state index in [0.29, 0.717) is 40.7 Å². The Bertz CT molecular complexity index is 1840. The summed E-state index contributed by atoms with van der Waals surface area (Å²) in [5.74, 6) is 0.419. The first-order chi connectivity index (χ1) is 22.7. The highest BCUT2D eigenvalue weighted by molar-refractivity contribution is 6.35. The molecular weight excluding hydrogens is 653 g/mol. The van der Waals surface area contributed by atoms with Gasteiger partial charge in [0.2, 0.25) is 0 Å². The minimum absolute atomic E-state index is 0.00407. The molecule has 1 atom stereocenters. The normalized spacial score (nSPS) is 13.5. The fourth-order valence-corrected chi connectivity index (χ4v) is 5.74. The Morgan fingerprint density at radius 1 is 0.957 bits per heavy atom. The maximum absolute atomic E-state index is 13.5. The average Bonchev–Trinajstić information content (AvgIpc) is 3.80. The van der Waals surface area contributed by atoms with Crippen LogP contribution in [0.3, 0.4) is 0 Å². The van der Waals surface area contributed by atoms with Crippen LogP contribution >= 0.6 is 23.2 Å². The van der Waals surface area contributed by atoms with Crippen LogP contribution in [-0.4, -0.2) is 23.8 Å². The summed E-state index contributed by atoms with van der Waals surface area (Å²) >= 11 is 12.7. The second-order valence-corrected chi connectivity index (χ2v) is 12.1. The summed E-state index contributed by atoms with van der Waals surface area (Å²) in [6.07, 6.45) is 5.08. The number of aromatic nitrogens is 2. The number of pyridine rings is 1. The summed E-state index contributed by atoms with van der Waals surface area (Å²) in [6, 6.07) is 21.7. The van der Waals surface area contributed by atoms with Crippen LogP contribution in [0.1, 0.15) is 35.6 Å². The summed E-state index contributed by atoms with van der Waals surface area (Å²) in [6.45, 7) is -2.42. The lowest BCUT2D eigenvalue weighted by Gasteiger charge is -2.22. The van der Waals surface area contributed by atoms with E-state index in [-0.39, 0.29) is 34.5 Å². The Morgan fingerprint density at radius 2 is 1.72 bits per heavy atom. The number of fused-ring (bicyclic) bond motifs is 1.